The van der Waals surface area contributed by atoms with Crippen molar-refractivity contribution in [2.75, 3.05) is 31.1 Å². The van der Waals surface area contributed by atoms with Crippen LogP contribution in [0.2, 0.25) is 0 Å². The number of fused-ring (bicyclic) bond motifs is 1. The predicted octanol–water partition coefficient (Wildman–Crippen LogP) is 4.12. The highest BCUT2D eigenvalue weighted by Crippen LogP contribution is 2.33. The predicted molar refractivity (Wildman–Crippen MR) is 115 cm³/mol. The van der Waals surface area contributed by atoms with E-state index in [4.69, 9.17) is 0 Å². The number of carbonyl (C=O) groups is 1. The fraction of sp³-hybridized carbons (Fsp3) is 0.333. The van der Waals surface area contributed by atoms with Gasteiger partial charge in [0.05, 0.1) is 9.80 Å². The first kappa shape index (κ1) is 19.3. The molecule has 2 aromatic heterocycles. The van der Waals surface area contributed by atoms with E-state index in [-0.39, 0.29) is 11.6 Å². The van der Waals surface area contributed by atoms with Crippen LogP contribution in [0.1, 0.15) is 28.6 Å². The summed E-state index contributed by atoms with van der Waals surface area (Å²) >= 11 is 1.59. The molecular formula is C21H22N4O3S. The zero-order chi connectivity index (χ0) is 20.4. The zero-order valence-electron chi connectivity index (χ0n) is 16.2. The lowest BCUT2D eigenvalue weighted by Crippen LogP contribution is -2.49. The van der Waals surface area contributed by atoms with E-state index in [0.717, 1.165) is 28.0 Å². The van der Waals surface area contributed by atoms with Crippen LogP contribution in [0.25, 0.3) is 10.1 Å². The van der Waals surface area contributed by atoms with Gasteiger partial charge in [-0.25, -0.2) is 4.98 Å². The van der Waals surface area contributed by atoms with E-state index in [1.165, 1.54) is 17.6 Å². The first-order valence-electron chi connectivity index (χ1n) is 9.73. The van der Waals surface area contributed by atoms with Crippen LogP contribution in [0, 0.1) is 10.1 Å². The molecule has 3 aromatic rings. The standard InChI is InChI=1S/C21H22N4O3S/c1-2-5-17-16-6-3-4-7-18(16)29-20(17)21(26)24-12-10-23(11-13-24)19-9-8-15(14-22-19)25(27)28/h3-4,6-9,14H,2,5,10-13H2,1H3. The van der Waals surface area contributed by atoms with Gasteiger partial charge in [0, 0.05) is 36.9 Å². The number of anilines is 1. The monoisotopic (exact) mass is 410 g/mol. The summed E-state index contributed by atoms with van der Waals surface area (Å²) in [5.41, 5.74) is 1.15. The first-order valence-corrected chi connectivity index (χ1v) is 10.5. The van der Waals surface area contributed by atoms with E-state index in [9.17, 15) is 14.9 Å². The Labute approximate surface area is 172 Å². The number of nitrogens with zero attached hydrogens (tertiary/aromatic N) is 4. The van der Waals surface area contributed by atoms with E-state index in [1.54, 1.807) is 17.4 Å². The third-order valence-electron chi connectivity index (χ3n) is 5.23. The van der Waals surface area contributed by atoms with Crippen molar-refractivity contribution in [3.05, 3.63) is 63.1 Å². The summed E-state index contributed by atoms with van der Waals surface area (Å²) in [5.74, 6) is 0.808. The van der Waals surface area contributed by atoms with Crippen molar-refractivity contribution in [2.45, 2.75) is 19.8 Å². The largest absolute Gasteiger partial charge is 0.353 e. The van der Waals surface area contributed by atoms with E-state index in [1.807, 2.05) is 17.0 Å². The van der Waals surface area contributed by atoms with Crippen LogP contribution in [-0.2, 0) is 6.42 Å². The number of carbonyl (C=O) groups excluding carboxylic acids is 1. The lowest BCUT2D eigenvalue weighted by atomic mass is 10.1. The summed E-state index contributed by atoms with van der Waals surface area (Å²) in [6.07, 6.45) is 3.18. The zero-order valence-corrected chi connectivity index (χ0v) is 17.0. The van der Waals surface area contributed by atoms with Crippen LogP contribution in [-0.4, -0.2) is 46.9 Å². The van der Waals surface area contributed by atoms with Crippen molar-refractivity contribution in [1.29, 1.82) is 0 Å². The summed E-state index contributed by atoms with van der Waals surface area (Å²) in [7, 11) is 0. The molecular weight excluding hydrogens is 388 g/mol. The average Bonchev–Trinajstić information content (AvgIpc) is 3.12. The van der Waals surface area contributed by atoms with Crippen LogP contribution < -0.4 is 4.90 Å². The molecule has 0 spiro atoms. The lowest BCUT2D eigenvalue weighted by molar-refractivity contribution is -0.385. The van der Waals surface area contributed by atoms with Crippen molar-refractivity contribution in [1.82, 2.24) is 9.88 Å². The van der Waals surface area contributed by atoms with E-state index in [0.29, 0.717) is 32.0 Å². The number of nitro groups is 1. The minimum Gasteiger partial charge on any atom is -0.353 e. The minimum atomic E-state index is -0.452. The van der Waals surface area contributed by atoms with Gasteiger partial charge in [0.25, 0.3) is 11.6 Å². The maximum Gasteiger partial charge on any atom is 0.287 e. The number of pyridine rings is 1. The van der Waals surface area contributed by atoms with Gasteiger partial charge in [0.15, 0.2) is 0 Å². The second kappa shape index (κ2) is 8.16. The summed E-state index contributed by atoms with van der Waals surface area (Å²) in [4.78, 5) is 32.6. The molecule has 0 N–H and O–H groups in total. The Morgan fingerprint density at radius 2 is 1.93 bits per heavy atom. The number of rotatable bonds is 5. The second-order valence-electron chi connectivity index (χ2n) is 7.07. The Balaban J connectivity index is 1.48. The highest BCUT2D eigenvalue weighted by Gasteiger charge is 2.26. The number of aromatic nitrogens is 1. The molecule has 8 heteroatoms. The topological polar surface area (TPSA) is 79.6 Å². The number of amides is 1. The smallest absolute Gasteiger partial charge is 0.287 e. The molecule has 0 saturated carbocycles. The Morgan fingerprint density at radius 1 is 1.17 bits per heavy atom. The van der Waals surface area contributed by atoms with E-state index < -0.39 is 4.92 Å². The molecule has 1 amide bonds. The molecule has 1 aromatic carbocycles. The maximum atomic E-state index is 13.3. The molecule has 0 bridgehead atoms. The summed E-state index contributed by atoms with van der Waals surface area (Å²) in [6.45, 7) is 4.67. The van der Waals surface area contributed by atoms with Crippen molar-refractivity contribution in [3.63, 3.8) is 0 Å². The van der Waals surface area contributed by atoms with Gasteiger partial charge in [-0.05, 0) is 29.5 Å². The van der Waals surface area contributed by atoms with Crippen LogP contribution in [0.15, 0.2) is 42.6 Å². The number of piperazine rings is 1. The lowest BCUT2D eigenvalue weighted by Gasteiger charge is -2.35. The number of hydrogen-bond acceptors (Lipinski definition) is 6. The molecule has 0 atom stereocenters. The molecule has 1 aliphatic rings. The first-order chi connectivity index (χ1) is 14.1. The van der Waals surface area contributed by atoms with Gasteiger partial charge in [0.1, 0.15) is 12.0 Å². The fourth-order valence-corrected chi connectivity index (χ4v) is 4.94. The normalized spacial score (nSPS) is 14.4. The third kappa shape index (κ3) is 3.80. The van der Waals surface area contributed by atoms with Gasteiger partial charge in [-0.15, -0.1) is 11.3 Å². The Kier molecular flexibility index (Phi) is 5.44. The van der Waals surface area contributed by atoms with E-state index in [2.05, 4.69) is 28.9 Å². The summed E-state index contributed by atoms with van der Waals surface area (Å²) in [5, 5.41) is 12.0. The summed E-state index contributed by atoms with van der Waals surface area (Å²) in [6, 6.07) is 11.4. The van der Waals surface area contributed by atoms with Gasteiger partial charge >= 0.3 is 0 Å². The molecule has 29 heavy (non-hydrogen) atoms. The molecule has 150 valence electrons. The number of thiophene rings is 1. The van der Waals surface area contributed by atoms with Crippen LogP contribution in [0.4, 0.5) is 11.5 Å². The van der Waals surface area contributed by atoms with Crippen molar-refractivity contribution < 1.29 is 9.72 Å². The molecule has 7 nitrogen and oxygen atoms in total. The SMILES string of the molecule is CCCc1c(C(=O)N2CCN(c3ccc([N+](=O)[O-])cn3)CC2)sc2ccccc12. The molecule has 0 radical (unpaired) electrons. The second-order valence-corrected chi connectivity index (χ2v) is 8.12. The molecule has 3 heterocycles. The van der Waals surface area contributed by atoms with Gasteiger partial charge in [-0.2, -0.15) is 0 Å². The molecule has 1 aliphatic heterocycles. The third-order valence-corrected chi connectivity index (χ3v) is 6.43. The molecule has 4 rings (SSSR count). The van der Waals surface area contributed by atoms with Crippen LogP contribution in [0.5, 0.6) is 0 Å². The minimum absolute atomic E-state index is 0.0178. The summed E-state index contributed by atoms with van der Waals surface area (Å²) < 4.78 is 1.16. The van der Waals surface area contributed by atoms with Gasteiger partial charge in [-0.1, -0.05) is 31.5 Å². The van der Waals surface area contributed by atoms with Crippen molar-refractivity contribution in [2.24, 2.45) is 0 Å². The molecule has 0 unspecified atom stereocenters. The molecule has 1 fully saturated rings. The maximum absolute atomic E-state index is 13.3. The van der Waals surface area contributed by atoms with Crippen LogP contribution in [0.3, 0.4) is 0 Å². The van der Waals surface area contributed by atoms with Crippen LogP contribution >= 0.6 is 11.3 Å². The van der Waals surface area contributed by atoms with E-state index >= 15 is 0 Å². The number of hydrogen-bond donors (Lipinski definition) is 0. The molecule has 0 aliphatic carbocycles. The highest BCUT2D eigenvalue weighted by atomic mass is 32.1. The quantitative estimate of drug-likeness (QED) is 0.467. The fourth-order valence-electron chi connectivity index (χ4n) is 3.73. The molecule has 1 saturated heterocycles. The average molecular weight is 410 g/mol. The van der Waals surface area contributed by atoms with Crippen molar-refractivity contribution in [3.8, 4) is 0 Å². The van der Waals surface area contributed by atoms with Gasteiger partial charge in [-0.3, -0.25) is 14.9 Å². The Bertz CT molecular complexity index is 1040. The number of benzene rings is 1. The Morgan fingerprint density at radius 3 is 2.59 bits per heavy atom. The Hall–Kier alpha value is -3.00. The van der Waals surface area contributed by atoms with Gasteiger partial charge < -0.3 is 9.80 Å². The van der Waals surface area contributed by atoms with Crippen molar-refractivity contribution >= 4 is 38.8 Å². The number of aryl methyl sites for hydroxylation is 1. The highest BCUT2D eigenvalue weighted by molar-refractivity contribution is 7.21. The van der Waals surface area contributed by atoms with Gasteiger partial charge in [0.2, 0.25) is 0 Å².